The Balaban J connectivity index is 0.975. The second-order valence-corrected chi connectivity index (χ2v) is 18.5. The molecule has 15 heteroatoms. The van der Waals surface area contributed by atoms with Crippen LogP contribution in [0.1, 0.15) is 77.2 Å². The van der Waals surface area contributed by atoms with E-state index < -0.39 is 35.3 Å². The van der Waals surface area contributed by atoms with Gasteiger partial charge < -0.3 is 44.3 Å². The molecular weight excluding hydrogens is 801 g/mol. The highest BCUT2D eigenvalue weighted by Crippen LogP contribution is 2.56. The number of hydrogen-bond acceptors (Lipinski definition) is 9. The highest BCUT2D eigenvalue weighted by atomic mass is 16.5. The number of aromatic nitrogens is 4. The second-order valence-electron chi connectivity index (χ2n) is 18.5. The normalized spacial score (nSPS) is 23.5. The number of carbonyl (C=O) groups is 4. The van der Waals surface area contributed by atoms with Crippen LogP contribution in [0, 0.1) is 30.6 Å². The van der Waals surface area contributed by atoms with E-state index in [1.165, 1.54) is 14.2 Å². The summed E-state index contributed by atoms with van der Waals surface area (Å²) in [4.78, 5) is 73.4. The number of nitrogens with zero attached hydrogens (tertiary/aromatic N) is 4. The topological polar surface area (TPSA) is 188 Å². The zero-order valence-electron chi connectivity index (χ0n) is 37.0. The maximum absolute atomic E-state index is 14.1. The minimum absolute atomic E-state index is 0.126. The summed E-state index contributed by atoms with van der Waals surface area (Å²) in [6.07, 6.45) is 6.57. The lowest BCUT2D eigenvalue weighted by Gasteiger charge is -2.40. The summed E-state index contributed by atoms with van der Waals surface area (Å²) in [5.41, 5.74) is 5.75. The van der Waals surface area contributed by atoms with Crippen molar-refractivity contribution in [3.05, 3.63) is 84.4 Å². The largest absolute Gasteiger partial charge is 0.461 e. The molecule has 2 saturated heterocycles. The quantitative estimate of drug-likeness (QED) is 0.0962. The van der Waals surface area contributed by atoms with Crippen LogP contribution in [-0.2, 0) is 30.1 Å². The van der Waals surface area contributed by atoms with Crippen LogP contribution in [0.4, 0.5) is 9.59 Å². The maximum Gasteiger partial charge on any atom is 0.407 e. The molecule has 4 bridgehead atoms. The predicted octanol–water partition coefficient (Wildman–Crippen LogP) is 7.79. The number of imidazole rings is 2. The number of fused-ring (bicyclic) bond motifs is 5. The van der Waals surface area contributed by atoms with Crippen molar-refractivity contribution in [2.24, 2.45) is 23.7 Å². The molecule has 5 aromatic rings. The van der Waals surface area contributed by atoms with Gasteiger partial charge >= 0.3 is 12.2 Å². The smallest absolute Gasteiger partial charge is 0.407 e. The number of ether oxygens (including phenoxy) is 2. The summed E-state index contributed by atoms with van der Waals surface area (Å²) in [5, 5.41) is 6.47. The fourth-order valence-corrected chi connectivity index (χ4v) is 10.9. The van der Waals surface area contributed by atoms with Crippen molar-refractivity contribution >= 4 is 35.0 Å². The minimum atomic E-state index is -0.792. The summed E-state index contributed by atoms with van der Waals surface area (Å²) in [5.74, 6) is 2.11. The Hall–Kier alpha value is -6.38. The van der Waals surface area contributed by atoms with Gasteiger partial charge in [-0.3, -0.25) is 9.59 Å². The highest BCUT2D eigenvalue weighted by molar-refractivity contribution is 6.02. The molecule has 4 aliphatic rings. The van der Waals surface area contributed by atoms with Gasteiger partial charge in [0.15, 0.2) is 0 Å². The summed E-state index contributed by atoms with van der Waals surface area (Å²) in [6.45, 7) is 15.2. The van der Waals surface area contributed by atoms with Crippen molar-refractivity contribution < 1.29 is 33.1 Å². The first-order valence-electron chi connectivity index (χ1n) is 22.0. The number of carbonyl (C=O) groups excluding carboxylic acids is 4. The van der Waals surface area contributed by atoms with Crippen molar-refractivity contribution in [3.8, 4) is 33.6 Å². The standard InChI is InChI=1S/C48H56N8O7/c1-25(2)38(53-45(59)61-7)41(57)55-23-29-15-17-47(55,20-29)43-49-22-37(52-43)34-14-13-33(35-19-27(5)63-40(34)35)30-9-11-31(12-10-30)36-21-50-44(51-36)48-18-16-32(28(48)6)24-56(48)42(58)39(26(3)4)54-46(60)62-8/h9-14,19,21-22,25-26,29,32,38-39H,6,15-18,20,23-24H2,1-5,7-8H3,(H,49,52)(H,50,51)(H,53,59)(H,54,60)/t29-,32+,38+,39+,47+,48+/m1/s1. The number of methoxy groups -OCH3 is 2. The Bertz CT molecular complexity index is 2620. The molecule has 330 valence electrons. The van der Waals surface area contributed by atoms with E-state index in [1.54, 1.807) is 0 Å². The zero-order valence-corrected chi connectivity index (χ0v) is 37.0. The van der Waals surface area contributed by atoms with Gasteiger partial charge in [-0.1, -0.05) is 64.6 Å². The Morgan fingerprint density at radius 3 is 2.03 bits per heavy atom. The summed E-state index contributed by atoms with van der Waals surface area (Å²) in [7, 11) is 2.59. The molecule has 2 saturated carbocycles. The van der Waals surface area contributed by atoms with Crippen LogP contribution < -0.4 is 10.6 Å². The van der Waals surface area contributed by atoms with Gasteiger partial charge in [-0.05, 0) is 91.2 Å². The molecule has 2 aliphatic carbocycles. The number of aromatic amines is 2. The van der Waals surface area contributed by atoms with E-state index in [0.29, 0.717) is 31.3 Å². The van der Waals surface area contributed by atoms with E-state index >= 15 is 0 Å². The number of H-pyrrole nitrogens is 2. The van der Waals surface area contributed by atoms with Crippen LogP contribution in [0.15, 0.2) is 71.4 Å². The SMILES string of the molecule is C=C1[C@H]2CC[C@]1(c1ncc(-c3ccc(-c4ccc(-c5cnc([C@@]67CC[C@@H](CN6C(=O)[C@@H](NC(=O)OC)C(C)C)C7)[nH]5)c5oc(C)cc45)cc3)[nH]1)N(C(=O)[C@@H](NC(=O)OC)C(C)C)C2. The molecule has 0 unspecified atom stereocenters. The number of amides is 4. The monoisotopic (exact) mass is 856 g/mol. The van der Waals surface area contributed by atoms with Gasteiger partial charge in [0.25, 0.3) is 0 Å². The van der Waals surface area contributed by atoms with Crippen LogP contribution in [0.5, 0.6) is 0 Å². The van der Waals surface area contributed by atoms with Crippen molar-refractivity contribution in [3.63, 3.8) is 0 Å². The van der Waals surface area contributed by atoms with Crippen molar-refractivity contribution in [1.29, 1.82) is 0 Å². The van der Waals surface area contributed by atoms with Gasteiger partial charge in [0, 0.05) is 30.0 Å². The van der Waals surface area contributed by atoms with Gasteiger partial charge in [-0.25, -0.2) is 19.6 Å². The number of aryl methyl sites for hydroxylation is 1. The number of alkyl carbamates (subject to hydrolysis) is 2. The van der Waals surface area contributed by atoms with Crippen molar-refractivity contribution in [2.45, 2.75) is 89.9 Å². The fraction of sp³-hybridized carbons (Fsp3) is 0.458. The van der Waals surface area contributed by atoms with Crippen molar-refractivity contribution in [2.75, 3.05) is 27.3 Å². The molecule has 2 aliphatic heterocycles. The molecule has 4 fully saturated rings. The third-order valence-electron chi connectivity index (χ3n) is 14.2. The molecule has 0 spiro atoms. The van der Waals surface area contributed by atoms with E-state index in [4.69, 9.17) is 23.9 Å². The van der Waals surface area contributed by atoms with Crippen LogP contribution >= 0.6 is 0 Å². The average Bonchev–Trinajstić information content (AvgIpc) is 4.16. The molecule has 0 radical (unpaired) electrons. The number of hydrogen-bond donors (Lipinski definition) is 4. The number of benzene rings is 2. The number of furan rings is 1. The van der Waals surface area contributed by atoms with E-state index in [0.717, 1.165) is 87.5 Å². The summed E-state index contributed by atoms with van der Waals surface area (Å²) >= 11 is 0. The lowest BCUT2D eigenvalue weighted by Crippen LogP contribution is -2.56. The Morgan fingerprint density at radius 2 is 1.40 bits per heavy atom. The molecule has 63 heavy (non-hydrogen) atoms. The number of likely N-dealkylation sites (tertiary alicyclic amines) is 2. The van der Waals surface area contributed by atoms with Gasteiger partial charge in [0.05, 0.1) is 38.0 Å². The van der Waals surface area contributed by atoms with E-state index in [9.17, 15) is 19.2 Å². The Morgan fingerprint density at radius 1 is 0.794 bits per heavy atom. The van der Waals surface area contributed by atoms with Gasteiger partial charge in [0.2, 0.25) is 11.8 Å². The Kier molecular flexibility index (Phi) is 10.5. The molecule has 3 aromatic heterocycles. The first-order chi connectivity index (χ1) is 30.2. The molecular formula is C48H56N8O7. The number of nitrogens with one attached hydrogen (secondary N) is 4. The van der Waals surface area contributed by atoms with Crippen LogP contribution in [0.25, 0.3) is 44.6 Å². The van der Waals surface area contributed by atoms with Crippen molar-refractivity contribution in [1.82, 2.24) is 40.4 Å². The molecule has 2 aromatic carbocycles. The van der Waals surface area contributed by atoms with E-state index in [2.05, 4.69) is 69.6 Å². The zero-order chi connectivity index (χ0) is 44.5. The Labute approximate surface area is 366 Å². The maximum atomic E-state index is 14.1. The lowest BCUT2D eigenvalue weighted by atomic mass is 9.90. The lowest BCUT2D eigenvalue weighted by molar-refractivity contribution is -0.141. The minimum Gasteiger partial charge on any atom is -0.461 e. The molecule has 6 atom stereocenters. The molecule has 4 amide bonds. The predicted molar refractivity (Wildman–Crippen MR) is 236 cm³/mol. The van der Waals surface area contributed by atoms with Crippen LogP contribution in [0.2, 0.25) is 0 Å². The third kappa shape index (κ3) is 6.78. The van der Waals surface area contributed by atoms with Gasteiger partial charge in [-0.15, -0.1) is 0 Å². The van der Waals surface area contributed by atoms with E-state index in [1.807, 2.05) is 56.8 Å². The van der Waals surface area contributed by atoms with Crippen LogP contribution in [-0.4, -0.2) is 93.1 Å². The summed E-state index contributed by atoms with van der Waals surface area (Å²) < 4.78 is 16.1. The molecule has 4 N–H and O–H groups in total. The molecule has 9 rings (SSSR count). The number of rotatable bonds is 11. The van der Waals surface area contributed by atoms with E-state index in [-0.39, 0.29) is 29.6 Å². The van der Waals surface area contributed by atoms with Crippen LogP contribution in [0.3, 0.4) is 0 Å². The third-order valence-corrected chi connectivity index (χ3v) is 14.2. The highest BCUT2D eigenvalue weighted by Gasteiger charge is 2.59. The second kappa shape index (κ2) is 15.8. The number of piperidine rings is 2. The first-order valence-corrected chi connectivity index (χ1v) is 22.0. The van der Waals surface area contributed by atoms with Gasteiger partial charge in [-0.2, -0.15) is 0 Å². The fourth-order valence-electron chi connectivity index (χ4n) is 10.9. The molecule has 15 nitrogen and oxygen atoms in total. The first kappa shape index (κ1) is 41.9. The van der Waals surface area contributed by atoms with Gasteiger partial charge in [0.1, 0.15) is 46.2 Å². The summed E-state index contributed by atoms with van der Waals surface area (Å²) in [6, 6.07) is 13.0. The average molecular weight is 857 g/mol. The molecule has 5 heterocycles.